The molecule has 0 saturated heterocycles. The lowest BCUT2D eigenvalue weighted by Gasteiger charge is -2.21. The fourth-order valence-corrected chi connectivity index (χ4v) is 2.92. The number of rotatable bonds is 8. The van der Waals surface area contributed by atoms with Crippen LogP contribution in [0.1, 0.15) is 37.3 Å². The number of aromatic amines is 1. The van der Waals surface area contributed by atoms with Crippen molar-refractivity contribution in [3.05, 3.63) is 66.0 Å². The van der Waals surface area contributed by atoms with E-state index in [4.69, 9.17) is 5.11 Å². The van der Waals surface area contributed by atoms with Crippen LogP contribution in [0.3, 0.4) is 0 Å². The molecule has 8 heteroatoms. The van der Waals surface area contributed by atoms with E-state index in [1.165, 1.54) is 22.4 Å². The van der Waals surface area contributed by atoms with Gasteiger partial charge in [-0.25, -0.2) is 0 Å². The van der Waals surface area contributed by atoms with Crippen molar-refractivity contribution in [1.29, 1.82) is 0 Å². The summed E-state index contributed by atoms with van der Waals surface area (Å²) in [5, 5.41) is 21.2. The van der Waals surface area contributed by atoms with Gasteiger partial charge in [-0.15, -0.1) is 10.2 Å². The maximum Gasteiger partial charge on any atom is 0.323 e. The van der Waals surface area contributed by atoms with Gasteiger partial charge in [-0.3, -0.25) is 9.59 Å². The molecule has 30 heavy (non-hydrogen) atoms. The van der Waals surface area contributed by atoms with E-state index >= 15 is 0 Å². The Kier molecular flexibility index (Phi) is 9.18. The quantitative estimate of drug-likeness (QED) is 0.589. The van der Waals surface area contributed by atoms with Gasteiger partial charge in [-0.2, -0.15) is 5.21 Å². The Bertz CT molecular complexity index is 894. The number of aliphatic carboxylic acids is 1. The summed E-state index contributed by atoms with van der Waals surface area (Å²) in [6.45, 7) is 4.15. The van der Waals surface area contributed by atoms with E-state index in [2.05, 4.69) is 39.7 Å². The molecule has 0 aliphatic rings. The number of carbonyl (C=O) groups excluding carboxylic acids is 1. The second-order valence-electron chi connectivity index (χ2n) is 6.82. The molecule has 1 heterocycles. The number of H-pyrrole nitrogens is 1. The molecule has 2 aromatic carbocycles. The normalized spacial score (nSPS) is 10.1. The van der Waals surface area contributed by atoms with Crippen molar-refractivity contribution in [2.24, 2.45) is 0 Å². The van der Waals surface area contributed by atoms with Crippen molar-refractivity contribution in [3.63, 3.8) is 0 Å². The minimum absolute atomic E-state index is 0.104. The highest BCUT2D eigenvalue weighted by molar-refractivity contribution is 5.81. The Balaban J connectivity index is 0.000000558. The average Bonchev–Trinajstić information content (AvgIpc) is 3.32. The van der Waals surface area contributed by atoms with Gasteiger partial charge in [-0.05, 0) is 35.6 Å². The number of aryl methyl sites for hydroxylation is 1. The van der Waals surface area contributed by atoms with Gasteiger partial charge in [0.05, 0.1) is 0 Å². The first-order valence-electron chi connectivity index (χ1n) is 9.82. The third-order valence-corrected chi connectivity index (χ3v) is 4.48. The number of nitrogens with zero attached hydrogens (tertiary/aromatic N) is 4. The summed E-state index contributed by atoms with van der Waals surface area (Å²) in [5.74, 6) is -1.09. The van der Waals surface area contributed by atoms with Crippen LogP contribution < -0.4 is 0 Å². The Morgan fingerprint density at radius 2 is 1.83 bits per heavy atom. The molecule has 1 aromatic heterocycles. The Morgan fingerprint density at radius 1 is 1.10 bits per heavy atom. The zero-order valence-electron chi connectivity index (χ0n) is 17.3. The highest BCUT2D eigenvalue weighted by atomic mass is 16.4. The lowest BCUT2D eigenvalue weighted by molar-refractivity contribution is -0.144. The first kappa shape index (κ1) is 22.7. The number of carboxylic acid groups (broad SMARTS) is 1. The van der Waals surface area contributed by atoms with Crippen LogP contribution in [0.5, 0.6) is 0 Å². The largest absolute Gasteiger partial charge is 0.480 e. The van der Waals surface area contributed by atoms with Gasteiger partial charge in [0.25, 0.3) is 0 Å². The lowest BCUT2D eigenvalue weighted by atomic mass is 9.99. The molecule has 0 spiro atoms. The Morgan fingerprint density at radius 3 is 2.37 bits per heavy atom. The summed E-state index contributed by atoms with van der Waals surface area (Å²) in [6, 6.07) is 16.1. The van der Waals surface area contributed by atoms with Crippen LogP contribution in [-0.2, 0) is 16.1 Å². The van der Waals surface area contributed by atoms with Crippen LogP contribution in [0.25, 0.3) is 11.1 Å². The van der Waals surface area contributed by atoms with Gasteiger partial charge in [0, 0.05) is 13.0 Å². The second-order valence-corrected chi connectivity index (χ2v) is 6.82. The van der Waals surface area contributed by atoms with Crippen LogP contribution >= 0.6 is 0 Å². The van der Waals surface area contributed by atoms with E-state index < -0.39 is 5.97 Å². The number of carboxylic acids is 1. The lowest BCUT2D eigenvalue weighted by Crippen LogP contribution is -2.35. The van der Waals surface area contributed by atoms with Gasteiger partial charge in [0.2, 0.25) is 5.91 Å². The molecular formula is C22H27N5O3. The summed E-state index contributed by atoms with van der Waals surface area (Å²) < 4.78 is 0. The van der Waals surface area contributed by atoms with Gasteiger partial charge in [0.15, 0.2) is 6.33 Å². The molecule has 2 N–H and O–H groups in total. The fourth-order valence-electron chi connectivity index (χ4n) is 2.92. The van der Waals surface area contributed by atoms with Gasteiger partial charge < -0.3 is 10.0 Å². The number of carbonyl (C=O) groups is 2. The predicted molar refractivity (Wildman–Crippen MR) is 113 cm³/mol. The maximum atomic E-state index is 12.2. The van der Waals surface area contributed by atoms with E-state index in [9.17, 15) is 9.59 Å². The third kappa shape index (κ3) is 7.46. The average molecular weight is 409 g/mol. The molecule has 158 valence electrons. The maximum absolute atomic E-state index is 12.2. The fraction of sp³-hybridized carbons (Fsp3) is 0.318. The number of hydrogen-bond acceptors (Lipinski definition) is 5. The first-order chi connectivity index (χ1) is 14.5. The van der Waals surface area contributed by atoms with Gasteiger partial charge >= 0.3 is 5.97 Å². The molecule has 0 aliphatic heterocycles. The standard InChI is InChI=1S/C21H25NO3.CH2N4/c1-3-4-9-20(23)22(15-21(24)25)14-17-10-12-18(13-11-17)19-8-6-5-7-16(19)2;1-2-4-5-3-1/h5-8,10-13H,3-4,9,14-15H2,1-2H3,(H,24,25);1H,(H,2,3,4,5). The number of unbranched alkanes of at least 4 members (excludes halogenated alkanes) is 1. The van der Waals surface area contributed by atoms with E-state index in [0.717, 1.165) is 24.0 Å². The Labute approximate surface area is 175 Å². The number of hydrogen-bond donors (Lipinski definition) is 2. The molecule has 3 rings (SSSR count). The summed E-state index contributed by atoms with van der Waals surface area (Å²) in [7, 11) is 0. The molecule has 0 aliphatic carbocycles. The number of amides is 1. The molecule has 0 bridgehead atoms. The summed E-state index contributed by atoms with van der Waals surface area (Å²) in [5.41, 5.74) is 4.43. The highest BCUT2D eigenvalue weighted by Gasteiger charge is 2.16. The summed E-state index contributed by atoms with van der Waals surface area (Å²) >= 11 is 0. The monoisotopic (exact) mass is 409 g/mol. The van der Waals surface area contributed by atoms with Crippen LogP contribution in [-0.4, -0.2) is 49.1 Å². The molecule has 0 unspecified atom stereocenters. The van der Waals surface area contributed by atoms with E-state index in [-0.39, 0.29) is 12.5 Å². The van der Waals surface area contributed by atoms with Crippen LogP contribution in [0.2, 0.25) is 0 Å². The van der Waals surface area contributed by atoms with E-state index in [1.807, 2.05) is 43.3 Å². The van der Waals surface area contributed by atoms with Crippen molar-refractivity contribution in [2.75, 3.05) is 6.54 Å². The van der Waals surface area contributed by atoms with Crippen molar-refractivity contribution in [1.82, 2.24) is 25.5 Å². The molecule has 0 saturated carbocycles. The zero-order chi connectivity index (χ0) is 21.8. The minimum Gasteiger partial charge on any atom is -0.480 e. The topological polar surface area (TPSA) is 112 Å². The summed E-state index contributed by atoms with van der Waals surface area (Å²) in [4.78, 5) is 24.7. The highest BCUT2D eigenvalue weighted by Crippen LogP contribution is 2.23. The smallest absolute Gasteiger partial charge is 0.323 e. The SMILES string of the molecule is CCCCC(=O)N(CC(=O)O)Cc1ccc(-c2ccccc2C)cc1.c1nn[nH]n1. The Hall–Kier alpha value is -3.55. The van der Waals surface area contributed by atoms with Crippen molar-refractivity contribution < 1.29 is 14.7 Å². The minimum atomic E-state index is -0.985. The van der Waals surface area contributed by atoms with Crippen LogP contribution in [0.15, 0.2) is 54.9 Å². The molecule has 3 aromatic rings. The van der Waals surface area contributed by atoms with E-state index in [1.54, 1.807) is 0 Å². The third-order valence-electron chi connectivity index (χ3n) is 4.48. The van der Waals surface area contributed by atoms with Crippen LogP contribution in [0, 0.1) is 6.92 Å². The molecule has 1 amide bonds. The predicted octanol–water partition coefficient (Wildman–Crippen LogP) is 3.47. The van der Waals surface area contributed by atoms with Crippen molar-refractivity contribution in [3.8, 4) is 11.1 Å². The molecule has 0 atom stereocenters. The number of nitrogens with one attached hydrogen (secondary N) is 1. The number of tetrazole rings is 1. The second kappa shape index (κ2) is 12.1. The zero-order valence-corrected chi connectivity index (χ0v) is 17.3. The summed E-state index contributed by atoms with van der Waals surface area (Å²) in [6.07, 6.45) is 3.42. The number of benzene rings is 2. The van der Waals surface area contributed by atoms with E-state index in [0.29, 0.717) is 13.0 Å². The van der Waals surface area contributed by atoms with Crippen LogP contribution in [0.4, 0.5) is 0 Å². The van der Waals surface area contributed by atoms with Gasteiger partial charge in [0.1, 0.15) is 6.54 Å². The van der Waals surface area contributed by atoms with Gasteiger partial charge in [-0.1, -0.05) is 67.1 Å². The van der Waals surface area contributed by atoms with Crippen molar-refractivity contribution in [2.45, 2.75) is 39.7 Å². The molecule has 0 fully saturated rings. The molecular weight excluding hydrogens is 382 g/mol. The first-order valence-corrected chi connectivity index (χ1v) is 9.82. The van der Waals surface area contributed by atoms with Crippen molar-refractivity contribution >= 4 is 11.9 Å². The number of aromatic nitrogens is 4. The molecule has 8 nitrogen and oxygen atoms in total. The molecule has 0 radical (unpaired) electrons.